The average Bonchev–Trinajstić information content (AvgIpc) is 2.44. The number of aromatic nitrogens is 1. The van der Waals surface area contributed by atoms with E-state index >= 15 is 0 Å². The average molecular weight is 294 g/mol. The Bertz CT molecular complexity index is 615. The quantitative estimate of drug-likeness (QED) is 0.698. The van der Waals surface area contributed by atoms with Gasteiger partial charge in [0.15, 0.2) is 0 Å². The number of amides is 1. The SMILES string of the molecule is O=C(NN=Cc1cccc(Cl)c1Cl)c1ccccn1. The van der Waals surface area contributed by atoms with E-state index in [9.17, 15) is 4.79 Å². The summed E-state index contributed by atoms with van der Waals surface area (Å²) >= 11 is 11.8. The monoisotopic (exact) mass is 293 g/mol. The zero-order valence-corrected chi connectivity index (χ0v) is 11.2. The third-order valence-electron chi connectivity index (χ3n) is 2.25. The van der Waals surface area contributed by atoms with Gasteiger partial charge in [-0.15, -0.1) is 0 Å². The summed E-state index contributed by atoms with van der Waals surface area (Å²) in [7, 11) is 0. The molecular weight excluding hydrogens is 285 g/mol. The molecule has 1 N–H and O–H groups in total. The normalized spacial score (nSPS) is 10.6. The first-order chi connectivity index (χ1) is 9.18. The van der Waals surface area contributed by atoms with Crippen molar-refractivity contribution >= 4 is 35.3 Å². The molecule has 2 rings (SSSR count). The lowest BCUT2D eigenvalue weighted by Crippen LogP contribution is -2.18. The molecule has 0 fully saturated rings. The highest BCUT2D eigenvalue weighted by molar-refractivity contribution is 6.43. The van der Waals surface area contributed by atoms with Gasteiger partial charge < -0.3 is 0 Å². The molecule has 0 saturated heterocycles. The second-order valence-electron chi connectivity index (χ2n) is 3.56. The largest absolute Gasteiger partial charge is 0.289 e. The van der Waals surface area contributed by atoms with Gasteiger partial charge in [0.25, 0.3) is 5.91 Å². The van der Waals surface area contributed by atoms with Crippen LogP contribution in [0, 0.1) is 0 Å². The summed E-state index contributed by atoms with van der Waals surface area (Å²) in [5.41, 5.74) is 3.27. The van der Waals surface area contributed by atoms with Crippen LogP contribution in [0.3, 0.4) is 0 Å². The van der Waals surface area contributed by atoms with Crippen molar-refractivity contribution in [2.24, 2.45) is 5.10 Å². The molecular formula is C13H9Cl2N3O. The van der Waals surface area contributed by atoms with E-state index in [-0.39, 0.29) is 5.69 Å². The summed E-state index contributed by atoms with van der Waals surface area (Å²) in [6.45, 7) is 0. The Morgan fingerprint density at radius 2 is 2.05 bits per heavy atom. The van der Waals surface area contributed by atoms with Crippen LogP contribution in [-0.4, -0.2) is 17.1 Å². The zero-order valence-electron chi connectivity index (χ0n) is 9.68. The Morgan fingerprint density at radius 1 is 1.21 bits per heavy atom. The molecule has 0 aliphatic heterocycles. The van der Waals surface area contributed by atoms with Crippen LogP contribution in [-0.2, 0) is 0 Å². The molecule has 1 amide bonds. The first-order valence-electron chi connectivity index (χ1n) is 5.37. The maximum atomic E-state index is 11.6. The van der Waals surface area contributed by atoms with Crippen molar-refractivity contribution in [1.29, 1.82) is 0 Å². The van der Waals surface area contributed by atoms with Gasteiger partial charge in [0, 0.05) is 11.8 Å². The Labute approximate surface area is 120 Å². The first kappa shape index (κ1) is 13.5. The molecule has 0 bridgehead atoms. The van der Waals surface area contributed by atoms with Crippen LogP contribution in [0.15, 0.2) is 47.7 Å². The smallest absolute Gasteiger partial charge is 0.266 e. The van der Waals surface area contributed by atoms with E-state index in [1.807, 2.05) is 0 Å². The number of carbonyl (C=O) groups excluding carboxylic acids is 1. The number of hydrogen-bond acceptors (Lipinski definition) is 3. The van der Waals surface area contributed by atoms with Gasteiger partial charge in [0.05, 0.1) is 16.3 Å². The Hall–Kier alpha value is -1.91. The van der Waals surface area contributed by atoms with Crippen LogP contribution in [0.4, 0.5) is 0 Å². The molecule has 6 heteroatoms. The number of pyridine rings is 1. The minimum Gasteiger partial charge on any atom is -0.266 e. The van der Waals surface area contributed by atoms with Gasteiger partial charge in [0.1, 0.15) is 5.69 Å². The molecule has 0 unspecified atom stereocenters. The molecule has 0 radical (unpaired) electrons. The van der Waals surface area contributed by atoms with Crippen molar-refractivity contribution in [2.45, 2.75) is 0 Å². The summed E-state index contributed by atoms with van der Waals surface area (Å²) in [6, 6.07) is 10.2. The van der Waals surface area contributed by atoms with Crippen molar-refractivity contribution in [2.75, 3.05) is 0 Å². The van der Waals surface area contributed by atoms with Crippen molar-refractivity contribution in [3.8, 4) is 0 Å². The highest BCUT2D eigenvalue weighted by atomic mass is 35.5. The second kappa shape index (κ2) is 6.31. The van der Waals surface area contributed by atoms with Crippen molar-refractivity contribution in [3.05, 3.63) is 63.9 Å². The lowest BCUT2D eigenvalue weighted by molar-refractivity contribution is 0.0950. The highest BCUT2D eigenvalue weighted by Gasteiger charge is 2.04. The summed E-state index contributed by atoms with van der Waals surface area (Å²) < 4.78 is 0. The Morgan fingerprint density at radius 3 is 2.79 bits per heavy atom. The van der Waals surface area contributed by atoms with Crippen LogP contribution in [0.25, 0.3) is 0 Å². The van der Waals surface area contributed by atoms with Crippen LogP contribution < -0.4 is 5.43 Å². The minimum atomic E-state index is -0.394. The van der Waals surface area contributed by atoms with Gasteiger partial charge in [-0.25, -0.2) is 5.43 Å². The molecule has 0 atom stereocenters. The second-order valence-corrected chi connectivity index (χ2v) is 4.34. The van der Waals surface area contributed by atoms with E-state index < -0.39 is 5.91 Å². The standard InChI is InChI=1S/C13H9Cl2N3O/c14-10-5-3-4-9(12(10)15)8-17-18-13(19)11-6-1-2-7-16-11/h1-8H,(H,18,19). The number of benzene rings is 1. The molecule has 1 heterocycles. The maximum absolute atomic E-state index is 11.6. The van der Waals surface area contributed by atoms with E-state index in [4.69, 9.17) is 23.2 Å². The van der Waals surface area contributed by atoms with Crippen LogP contribution in [0.1, 0.15) is 16.1 Å². The van der Waals surface area contributed by atoms with Gasteiger partial charge in [-0.1, -0.05) is 41.4 Å². The van der Waals surface area contributed by atoms with Crippen molar-refractivity contribution in [3.63, 3.8) is 0 Å². The number of halogens is 2. The number of carbonyl (C=O) groups is 1. The molecule has 0 spiro atoms. The van der Waals surface area contributed by atoms with Gasteiger partial charge in [-0.3, -0.25) is 9.78 Å². The molecule has 0 saturated carbocycles. The van der Waals surface area contributed by atoms with E-state index in [2.05, 4.69) is 15.5 Å². The highest BCUT2D eigenvalue weighted by Crippen LogP contribution is 2.23. The molecule has 1 aromatic carbocycles. The first-order valence-corrected chi connectivity index (χ1v) is 6.12. The molecule has 0 aliphatic carbocycles. The summed E-state index contributed by atoms with van der Waals surface area (Å²) in [5.74, 6) is -0.394. The molecule has 96 valence electrons. The van der Waals surface area contributed by atoms with Crippen molar-refractivity contribution in [1.82, 2.24) is 10.4 Å². The minimum absolute atomic E-state index is 0.289. The zero-order chi connectivity index (χ0) is 13.7. The molecule has 1 aromatic heterocycles. The molecule has 4 nitrogen and oxygen atoms in total. The number of nitrogens with zero attached hydrogens (tertiary/aromatic N) is 2. The van der Waals surface area contributed by atoms with Crippen LogP contribution in [0.5, 0.6) is 0 Å². The fraction of sp³-hybridized carbons (Fsp3) is 0. The van der Waals surface area contributed by atoms with E-state index in [0.717, 1.165) is 0 Å². The molecule has 2 aromatic rings. The van der Waals surface area contributed by atoms with Gasteiger partial charge >= 0.3 is 0 Å². The summed E-state index contributed by atoms with van der Waals surface area (Å²) in [4.78, 5) is 15.5. The number of nitrogens with one attached hydrogen (secondary N) is 1. The summed E-state index contributed by atoms with van der Waals surface area (Å²) in [6.07, 6.45) is 2.96. The summed E-state index contributed by atoms with van der Waals surface area (Å²) in [5, 5.41) is 4.63. The van der Waals surface area contributed by atoms with E-state index in [0.29, 0.717) is 15.6 Å². The van der Waals surface area contributed by atoms with Gasteiger partial charge in [-0.2, -0.15) is 5.10 Å². The number of hydrogen-bond donors (Lipinski definition) is 1. The van der Waals surface area contributed by atoms with Gasteiger partial charge in [-0.05, 0) is 18.2 Å². The van der Waals surface area contributed by atoms with Gasteiger partial charge in [0.2, 0.25) is 0 Å². The van der Waals surface area contributed by atoms with E-state index in [1.165, 1.54) is 12.4 Å². The lowest BCUT2D eigenvalue weighted by Gasteiger charge is -2.00. The predicted octanol–water partition coefficient (Wildman–Crippen LogP) is 3.15. The van der Waals surface area contributed by atoms with Crippen LogP contribution in [0.2, 0.25) is 10.0 Å². The Kier molecular flexibility index (Phi) is 4.49. The Balaban J connectivity index is 2.05. The third-order valence-corrected chi connectivity index (χ3v) is 3.08. The van der Waals surface area contributed by atoms with Crippen LogP contribution >= 0.6 is 23.2 Å². The maximum Gasteiger partial charge on any atom is 0.289 e. The third kappa shape index (κ3) is 3.53. The number of rotatable bonds is 3. The van der Waals surface area contributed by atoms with E-state index in [1.54, 1.807) is 36.4 Å². The fourth-order valence-electron chi connectivity index (χ4n) is 1.33. The van der Waals surface area contributed by atoms with Crippen molar-refractivity contribution < 1.29 is 4.79 Å². The number of hydrazone groups is 1. The topological polar surface area (TPSA) is 54.4 Å². The fourth-order valence-corrected chi connectivity index (χ4v) is 1.69. The molecule has 19 heavy (non-hydrogen) atoms. The molecule has 0 aliphatic rings. The predicted molar refractivity (Wildman–Crippen MR) is 75.8 cm³/mol. The lowest BCUT2D eigenvalue weighted by atomic mass is 10.2.